The quantitative estimate of drug-likeness (QED) is 0.884. The second kappa shape index (κ2) is 4.52. The first-order valence-electron chi connectivity index (χ1n) is 5.54. The summed E-state index contributed by atoms with van der Waals surface area (Å²) in [6, 6.07) is 2.72. The summed E-state index contributed by atoms with van der Waals surface area (Å²) in [5.41, 5.74) is 1.21. The van der Waals surface area contributed by atoms with E-state index in [1.165, 1.54) is 24.8 Å². The number of anilines is 1. The molecule has 0 radical (unpaired) electrons. The minimum atomic E-state index is 0.618. The van der Waals surface area contributed by atoms with Crippen LogP contribution in [-0.4, -0.2) is 11.0 Å². The van der Waals surface area contributed by atoms with E-state index in [-0.39, 0.29) is 0 Å². The van der Waals surface area contributed by atoms with Crippen molar-refractivity contribution in [3.63, 3.8) is 0 Å². The maximum atomic E-state index is 4.41. The molecular weight excluding hydrogens is 252 g/mol. The van der Waals surface area contributed by atoms with E-state index in [1.54, 1.807) is 0 Å². The van der Waals surface area contributed by atoms with E-state index in [4.69, 9.17) is 0 Å². The molecular formula is C12H17BrN2. The van der Waals surface area contributed by atoms with E-state index >= 15 is 0 Å². The van der Waals surface area contributed by atoms with Crippen LogP contribution in [0.15, 0.2) is 16.7 Å². The number of aryl methyl sites for hydroxylation is 1. The van der Waals surface area contributed by atoms with E-state index in [1.807, 2.05) is 6.20 Å². The molecule has 3 heteroatoms. The molecule has 0 saturated heterocycles. The zero-order chi connectivity index (χ0) is 10.8. The van der Waals surface area contributed by atoms with Crippen LogP contribution in [-0.2, 0) is 0 Å². The van der Waals surface area contributed by atoms with Crippen LogP contribution in [0.2, 0.25) is 0 Å². The van der Waals surface area contributed by atoms with Crippen LogP contribution < -0.4 is 5.32 Å². The zero-order valence-corrected chi connectivity index (χ0v) is 10.8. The summed E-state index contributed by atoms with van der Waals surface area (Å²) < 4.78 is 1.05. The molecule has 1 fully saturated rings. The van der Waals surface area contributed by atoms with Gasteiger partial charge in [-0.15, -0.1) is 0 Å². The highest BCUT2D eigenvalue weighted by atomic mass is 79.9. The molecule has 2 unspecified atom stereocenters. The predicted octanol–water partition coefficient (Wildman–Crippen LogP) is 3.75. The first-order chi connectivity index (χ1) is 7.15. The van der Waals surface area contributed by atoms with Gasteiger partial charge in [0.2, 0.25) is 0 Å². The van der Waals surface area contributed by atoms with Crippen molar-refractivity contribution in [2.24, 2.45) is 5.92 Å². The number of aromatic nitrogens is 1. The van der Waals surface area contributed by atoms with Gasteiger partial charge in [-0.1, -0.05) is 6.92 Å². The van der Waals surface area contributed by atoms with E-state index in [0.717, 1.165) is 16.2 Å². The fraction of sp³-hybridized carbons (Fsp3) is 0.583. The van der Waals surface area contributed by atoms with Gasteiger partial charge in [-0.3, -0.25) is 0 Å². The third-order valence-electron chi connectivity index (χ3n) is 3.08. The third kappa shape index (κ3) is 2.71. The van der Waals surface area contributed by atoms with Crippen LogP contribution in [0.1, 0.15) is 31.7 Å². The van der Waals surface area contributed by atoms with Crippen molar-refractivity contribution >= 4 is 21.7 Å². The molecule has 2 nitrogen and oxygen atoms in total. The molecule has 1 saturated carbocycles. The molecule has 0 aliphatic heterocycles. The summed E-state index contributed by atoms with van der Waals surface area (Å²) in [5.74, 6) is 1.90. The summed E-state index contributed by atoms with van der Waals surface area (Å²) in [4.78, 5) is 4.41. The maximum absolute atomic E-state index is 4.41. The van der Waals surface area contributed by atoms with Gasteiger partial charge in [0.1, 0.15) is 5.82 Å². The monoisotopic (exact) mass is 268 g/mol. The topological polar surface area (TPSA) is 24.9 Å². The Morgan fingerprint density at radius 3 is 2.87 bits per heavy atom. The van der Waals surface area contributed by atoms with Gasteiger partial charge in [-0.2, -0.15) is 0 Å². The number of hydrogen-bond acceptors (Lipinski definition) is 2. The van der Waals surface area contributed by atoms with E-state index in [9.17, 15) is 0 Å². The molecule has 1 heterocycles. The lowest BCUT2D eigenvalue weighted by Crippen LogP contribution is -2.16. The molecule has 0 bridgehead atoms. The van der Waals surface area contributed by atoms with Gasteiger partial charge in [-0.25, -0.2) is 4.98 Å². The van der Waals surface area contributed by atoms with Gasteiger partial charge in [0.25, 0.3) is 0 Å². The van der Waals surface area contributed by atoms with Crippen molar-refractivity contribution in [2.45, 2.75) is 39.2 Å². The molecule has 1 aliphatic carbocycles. The average Bonchev–Trinajstić information content (AvgIpc) is 2.56. The largest absolute Gasteiger partial charge is 0.367 e. The Balaban J connectivity index is 2.04. The van der Waals surface area contributed by atoms with Crippen LogP contribution in [0.5, 0.6) is 0 Å². The van der Waals surface area contributed by atoms with Crippen LogP contribution in [0.3, 0.4) is 0 Å². The Hall–Kier alpha value is -0.570. The Bertz CT molecular complexity index is 351. The molecule has 15 heavy (non-hydrogen) atoms. The molecule has 2 rings (SSSR count). The standard InChI is InChI=1S/C12H17BrN2/c1-8-3-4-11(5-8)15-12-9(2)6-10(13)7-14-12/h6-8,11H,3-5H2,1-2H3,(H,14,15). The Labute approximate surface area is 99.6 Å². The van der Waals surface area contributed by atoms with Crippen LogP contribution in [0.4, 0.5) is 5.82 Å². The fourth-order valence-corrected chi connectivity index (χ4v) is 2.67. The van der Waals surface area contributed by atoms with Crippen LogP contribution in [0.25, 0.3) is 0 Å². The van der Waals surface area contributed by atoms with Gasteiger partial charge in [0.15, 0.2) is 0 Å². The summed E-state index contributed by atoms with van der Waals surface area (Å²) in [6.45, 7) is 4.42. The summed E-state index contributed by atoms with van der Waals surface area (Å²) in [5, 5.41) is 3.53. The highest BCUT2D eigenvalue weighted by Gasteiger charge is 2.21. The molecule has 1 aromatic rings. The molecule has 1 aliphatic rings. The molecule has 1 N–H and O–H groups in total. The van der Waals surface area contributed by atoms with Gasteiger partial charge < -0.3 is 5.32 Å². The van der Waals surface area contributed by atoms with Gasteiger partial charge in [0, 0.05) is 16.7 Å². The molecule has 82 valence electrons. The Kier molecular flexibility index (Phi) is 3.29. The molecule has 2 atom stereocenters. The number of hydrogen-bond donors (Lipinski definition) is 1. The second-order valence-electron chi connectivity index (χ2n) is 4.58. The summed E-state index contributed by atoms with van der Waals surface area (Å²) >= 11 is 3.43. The number of rotatable bonds is 2. The van der Waals surface area contributed by atoms with Crippen molar-refractivity contribution in [1.29, 1.82) is 0 Å². The molecule has 0 spiro atoms. The normalized spacial score (nSPS) is 25.5. The Morgan fingerprint density at radius 2 is 2.27 bits per heavy atom. The van der Waals surface area contributed by atoms with E-state index in [0.29, 0.717) is 6.04 Å². The second-order valence-corrected chi connectivity index (χ2v) is 5.49. The Morgan fingerprint density at radius 1 is 1.47 bits per heavy atom. The molecule has 0 aromatic carbocycles. The molecule has 0 amide bonds. The van der Waals surface area contributed by atoms with Gasteiger partial charge >= 0.3 is 0 Å². The summed E-state index contributed by atoms with van der Waals surface area (Å²) in [7, 11) is 0. The third-order valence-corrected chi connectivity index (χ3v) is 3.51. The first kappa shape index (κ1) is 10.9. The zero-order valence-electron chi connectivity index (χ0n) is 9.26. The van der Waals surface area contributed by atoms with Crippen molar-refractivity contribution < 1.29 is 0 Å². The molecule has 1 aromatic heterocycles. The fourth-order valence-electron chi connectivity index (χ4n) is 2.22. The SMILES string of the molecule is Cc1cc(Br)cnc1NC1CCC(C)C1. The van der Waals surface area contributed by atoms with Crippen molar-refractivity contribution in [2.75, 3.05) is 5.32 Å². The van der Waals surface area contributed by atoms with Crippen LogP contribution >= 0.6 is 15.9 Å². The lowest BCUT2D eigenvalue weighted by molar-refractivity contribution is 0.602. The van der Waals surface area contributed by atoms with Gasteiger partial charge in [-0.05, 0) is 59.7 Å². The lowest BCUT2D eigenvalue weighted by atomic mass is 10.1. The smallest absolute Gasteiger partial charge is 0.129 e. The first-order valence-corrected chi connectivity index (χ1v) is 6.33. The highest BCUT2D eigenvalue weighted by Crippen LogP contribution is 2.28. The number of nitrogens with one attached hydrogen (secondary N) is 1. The predicted molar refractivity (Wildman–Crippen MR) is 67.1 cm³/mol. The minimum Gasteiger partial charge on any atom is -0.367 e. The van der Waals surface area contributed by atoms with Crippen LogP contribution in [0, 0.1) is 12.8 Å². The summed E-state index contributed by atoms with van der Waals surface area (Å²) in [6.07, 6.45) is 5.75. The lowest BCUT2D eigenvalue weighted by Gasteiger charge is -2.15. The van der Waals surface area contributed by atoms with Gasteiger partial charge in [0.05, 0.1) is 0 Å². The van der Waals surface area contributed by atoms with Crippen molar-refractivity contribution in [3.05, 3.63) is 22.3 Å². The number of pyridine rings is 1. The van der Waals surface area contributed by atoms with E-state index < -0.39 is 0 Å². The average molecular weight is 269 g/mol. The van der Waals surface area contributed by atoms with Crippen molar-refractivity contribution in [1.82, 2.24) is 4.98 Å². The minimum absolute atomic E-state index is 0.618. The van der Waals surface area contributed by atoms with Crippen molar-refractivity contribution in [3.8, 4) is 0 Å². The highest BCUT2D eigenvalue weighted by molar-refractivity contribution is 9.10. The number of nitrogens with zero attached hydrogens (tertiary/aromatic N) is 1. The number of halogens is 1. The van der Waals surface area contributed by atoms with E-state index in [2.05, 4.69) is 46.1 Å². The maximum Gasteiger partial charge on any atom is 0.129 e.